The van der Waals surface area contributed by atoms with Gasteiger partial charge in [0.25, 0.3) is 0 Å². The van der Waals surface area contributed by atoms with Crippen LogP contribution in [-0.2, 0) is 6.54 Å². The summed E-state index contributed by atoms with van der Waals surface area (Å²) in [5, 5.41) is 0. The largest absolute Gasteiger partial charge is 0.337 e. The van der Waals surface area contributed by atoms with Crippen molar-refractivity contribution in [3.8, 4) is 0 Å². The van der Waals surface area contributed by atoms with Crippen molar-refractivity contribution in [2.45, 2.75) is 6.54 Å². The third-order valence-electron chi connectivity index (χ3n) is 3.39. The summed E-state index contributed by atoms with van der Waals surface area (Å²) in [6.07, 6.45) is 0. The van der Waals surface area contributed by atoms with E-state index in [2.05, 4.69) is 112 Å². The molecule has 0 spiro atoms. The molecule has 3 aromatic rings. The number of nitrogens with zero attached hydrogens (tertiary/aromatic N) is 1. The molecule has 0 saturated carbocycles. The minimum atomic E-state index is 0.866. The van der Waals surface area contributed by atoms with Gasteiger partial charge in [-0.05, 0) is 64.6 Å². The van der Waals surface area contributed by atoms with Crippen LogP contribution < -0.4 is 4.90 Å². The maximum absolute atomic E-state index is 2.34. The van der Waals surface area contributed by atoms with Crippen molar-refractivity contribution in [1.82, 2.24) is 0 Å². The third kappa shape index (κ3) is 3.64. The van der Waals surface area contributed by atoms with Gasteiger partial charge in [-0.1, -0.05) is 48.5 Å². The lowest BCUT2D eigenvalue weighted by molar-refractivity contribution is 0.975. The Morgan fingerprint density at radius 2 is 1.10 bits per heavy atom. The van der Waals surface area contributed by atoms with Gasteiger partial charge in [-0.25, -0.2) is 0 Å². The fourth-order valence-electron chi connectivity index (χ4n) is 2.32. The second-order valence-corrected chi connectivity index (χ2v) is 6.13. The van der Waals surface area contributed by atoms with Crippen molar-refractivity contribution in [2.24, 2.45) is 0 Å². The highest BCUT2D eigenvalue weighted by molar-refractivity contribution is 14.1. The molecule has 3 rings (SSSR count). The molecule has 0 aliphatic heterocycles. The lowest BCUT2D eigenvalue weighted by atomic mass is 10.1. The molecule has 0 heterocycles. The van der Waals surface area contributed by atoms with Crippen molar-refractivity contribution in [1.29, 1.82) is 0 Å². The van der Waals surface area contributed by atoms with Crippen LogP contribution in [0.4, 0.5) is 11.4 Å². The number of rotatable bonds is 4. The summed E-state index contributed by atoms with van der Waals surface area (Å²) in [5.74, 6) is 0. The number of hydrogen-bond donors (Lipinski definition) is 0. The van der Waals surface area contributed by atoms with E-state index in [0.29, 0.717) is 0 Å². The summed E-state index contributed by atoms with van der Waals surface area (Å²) in [4.78, 5) is 2.34. The summed E-state index contributed by atoms with van der Waals surface area (Å²) >= 11 is 2.34. The molecule has 0 aromatic heterocycles. The number of anilines is 2. The Kier molecular flexibility index (Phi) is 4.55. The summed E-state index contributed by atoms with van der Waals surface area (Å²) in [5.41, 5.74) is 3.73. The predicted molar refractivity (Wildman–Crippen MR) is 97.9 cm³/mol. The van der Waals surface area contributed by atoms with Gasteiger partial charge in [-0.3, -0.25) is 0 Å². The van der Waals surface area contributed by atoms with Gasteiger partial charge in [0.1, 0.15) is 0 Å². The van der Waals surface area contributed by atoms with Crippen LogP contribution >= 0.6 is 22.6 Å². The van der Waals surface area contributed by atoms with E-state index >= 15 is 0 Å². The summed E-state index contributed by atoms with van der Waals surface area (Å²) in [6, 6.07) is 29.8. The molecule has 0 radical (unpaired) electrons. The first-order valence-electron chi connectivity index (χ1n) is 6.95. The molecule has 0 aliphatic rings. The molecule has 0 aliphatic carbocycles. The van der Waals surface area contributed by atoms with Gasteiger partial charge in [0.15, 0.2) is 0 Å². The Hall–Kier alpha value is -1.81. The topological polar surface area (TPSA) is 3.24 Å². The average molecular weight is 385 g/mol. The first-order chi connectivity index (χ1) is 10.3. The molecular weight excluding hydrogens is 369 g/mol. The average Bonchev–Trinajstić information content (AvgIpc) is 2.56. The molecule has 3 aromatic carbocycles. The number of para-hydroxylation sites is 2. The first kappa shape index (κ1) is 14.1. The molecule has 0 N–H and O–H groups in total. The van der Waals surface area contributed by atoms with E-state index in [0.717, 1.165) is 6.54 Å². The van der Waals surface area contributed by atoms with Gasteiger partial charge in [-0.2, -0.15) is 0 Å². The van der Waals surface area contributed by atoms with E-state index < -0.39 is 0 Å². The van der Waals surface area contributed by atoms with Gasteiger partial charge in [-0.15, -0.1) is 0 Å². The zero-order valence-electron chi connectivity index (χ0n) is 11.6. The number of benzene rings is 3. The van der Waals surface area contributed by atoms with Crippen LogP contribution in [0.15, 0.2) is 84.9 Å². The third-order valence-corrected chi connectivity index (χ3v) is 4.11. The van der Waals surface area contributed by atoms with Crippen LogP contribution in [0.25, 0.3) is 0 Å². The fraction of sp³-hybridized carbons (Fsp3) is 0.0526. The van der Waals surface area contributed by atoms with Crippen LogP contribution in [0.2, 0.25) is 0 Å². The first-order valence-corrected chi connectivity index (χ1v) is 8.03. The zero-order valence-corrected chi connectivity index (χ0v) is 13.8. The molecule has 0 fully saturated rings. The Morgan fingerprint density at radius 3 is 1.57 bits per heavy atom. The van der Waals surface area contributed by atoms with Crippen LogP contribution in [-0.4, -0.2) is 0 Å². The Balaban J connectivity index is 1.95. The van der Waals surface area contributed by atoms with Crippen molar-refractivity contribution in [3.05, 3.63) is 94.1 Å². The van der Waals surface area contributed by atoms with E-state index in [1.165, 1.54) is 20.5 Å². The van der Waals surface area contributed by atoms with Crippen molar-refractivity contribution in [3.63, 3.8) is 0 Å². The number of halogens is 1. The minimum absolute atomic E-state index is 0.866. The maximum atomic E-state index is 2.34. The summed E-state index contributed by atoms with van der Waals surface area (Å²) in [6.45, 7) is 0.866. The molecule has 0 saturated heterocycles. The molecular formula is C19H16IN. The van der Waals surface area contributed by atoms with Gasteiger partial charge < -0.3 is 4.90 Å². The van der Waals surface area contributed by atoms with Crippen LogP contribution in [0.5, 0.6) is 0 Å². The van der Waals surface area contributed by atoms with Crippen molar-refractivity contribution in [2.75, 3.05) is 4.90 Å². The summed E-state index contributed by atoms with van der Waals surface area (Å²) in [7, 11) is 0. The zero-order chi connectivity index (χ0) is 14.5. The lowest BCUT2D eigenvalue weighted by Gasteiger charge is -2.25. The van der Waals surface area contributed by atoms with E-state index in [1.807, 2.05) is 0 Å². The molecule has 0 unspecified atom stereocenters. The van der Waals surface area contributed by atoms with E-state index in [1.54, 1.807) is 0 Å². The van der Waals surface area contributed by atoms with Crippen molar-refractivity contribution < 1.29 is 0 Å². The molecule has 21 heavy (non-hydrogen) atoms. The quantitative estimate of drug-likeness (QED) is 0.526. The second-order valence-electron chi connectivity index (χ2n) is 4.88. The van der Waals surface area contributed by atoms with Gasteiger partial charge in [0.2, 0.25) is 0 Å². The normalized spacial score (nSPS) is 10.3. The predicted octanol–water partition coefficient (Wildman–Crippen LogP) is 5.63. The standard InChI is InChI=1S/C19H16IN/c20-17-13-11-16(12-14-17)15-21(18-7-3-1-4-8-18)19-9-5-2-6-10-19/h1-14H,15H2. The molecule has 2 heteroatoms. The van der Waals surface area contributed by atoms with Gasteiger partial charge in [0.05, 0.1) is 0 Å². The van der Waals surface area contributed by atoms with Gasteiger partial charge in [0, 0.05) is 21.5 Å². The highest BCUT2D eigenvalue weighted by atomic mass is 127. The Bertz CT molecular complexity index is 638. The van der Waals surface area contributed by atoms with Crippen LogP contribution in [0.3, 0.4) is 0 Å². The Morgan fingerprint density at radius 1 is 0.619 bits per heavy atom. The van der Waals surface area contributed by atoms with E-state index in [9.17, 15) is 0 Å². The number of hydrogen-bond acceptors (Lipinski definition) is 1. The lowest BCUT2D eigenvalue weighted by Crippen LogP contribution is -2.16. The van der Waals surface area contributed by atoms with Gasteiger partial charge >= 0.3 is 0 Å². The monoisotopic (exact) mass is 385 g/mol. The van der Waals surface area contributed by atoms with Crippen LogP contribution in [0.1, 0.15) is 5.56 Å². The molecule has 0 atom stereocenters. The smallest absolute Gasteiger partial charge is 0.0481 e. The SMILES string of the molecule is Ic1ccc(CN(c2ccccc2)c2ccccc2)cc1. The van der Waals surface area contributed by atoms with E-state index in [4.69, 9.17) is 0 Å². The highest BCUT2D eigenvalue weighted by Crippen LogP contribution is 2.27. The fourth-order valence-corrected chi connectivity index (χ4v) is 2.68. The molecule has 0 amide bonds. The highest BCUT2D eigenvalue weighted by Gasteiger charge is 2.09. The minimum Gasteiger partial charge on any atom is -0.337 e. The van der Waals surface area contributed by atoms with Crippen molar-refractivity contribution >= 4 is 34.0 Å². The Labute approximate surface area is 139 Å². The molecule has 104 valence electrons. The van der Waals surface area contributed by atoms with E-state index in [-0.39, 0.29) is 0 Å². The van der Waals surface area contributed by atoms with Crippen LogP contribution in [0, 0.1) is 3.57 Å². The molecule has 0 bridgehead atoms. The molecule has 1 nitrogen and oxygen atoms in total. The second kappa shape index (κ2) is 6.76. The summed E-state index contributed by atoms with van der Waals surface area (Å²) < 4.78 is 1.27. The maximum Gasteiger partial charge on any atom is 0.0481 e.